The number of nitrogens with zero attached hydrogens (tertiary/aromatic N) is 5. The van der Waals surface area contributed by atoms with Gasteiger partial charge >= 0.3 is 11.7 Å². The Morgan fingerprint density at radius 3 is 2.37 bits per heavy atom. The zero-order valence-electron chi connectivity index (χ0n) is 19.3. The summed E-state index contributed by atoms with van der Waals surface area (Å²) in [5, 5.41) is 8.86. The van der Waals surface area contributed by atoms with E-state index in [-0.39, 0.29) is 34.4 Å². The molecule has 1 atom stereocenters. The van der Waals surface area contributed by atoms with Crippen molar-refractivity contribution in [3.8, 4) is 17.2 Å². The zero-order chi connectivity index (χ0) is 25.4. The van der Waals surface area contributed by atoms with Gasteiger partial charge in [0.2, 0.25) is 0 Å². The lowest BCUT2D eigenvalue weighted by atomic mass is 10.2. The molecule has 2 aromatic heterocycles. The third-order valence-corrected chi connectivity index (χ3v) is 6.12. The Morgan fingerprint density at radius 2 is 1.77 bits per heavy atom. The van der Waals surface area contributed by atoms with Crippen LogP contribution in [-0.2, 0) is 37.2 Å². The van der Waals surface area contributed by atoms with E-state index in [4.69, 9.17) is 14.6 Å². The molecule has 0 bridgehead atoms. The number of ether oxygens (including phenoxy) is 2. The van der Waals surface area contributed by atoms with Crippen molar-refractivity contribution in [3.05, 3.63) is 58.9 Å². The number of aromatic nitrogens is 4. The quantitative estimate of drug-likeness (QED) is 0.351. The zero-order valence-corrected chi connectivity index (χ0v) is 20.1. The summed E-state index contributed by atoms with van der Waals surface area (Å²) in [6, 6.07) is 9.48. The molecule has 13 heteroatoms. The van der Waals surface area contributed by atoms with Gasteiger partial charge in [-0.25, -0.2) is 23.1 Å². The standard InChI is InChI=1S/C22H23N5O7S/c1-13-23-20(11-24(13)2)27(35(31)32)18-9-16-17(26(4)22(30)25(16)3)10-19(18)34-15-7-5-6-14(8-15)33-12-21(28)29/h5-11H,12H2,1-4H3,(H,28,29)(H,31,32). The molecule has 0 aliphatic heterocycles. The average Bonchev–Trinajstić information content (AvgIpc) is 3.23. The molecule has 4 aromatic rings. The summed E-state index contributed by atoms with van der Waals surface area (Å²) in [6.45, 7) is 1.23. The molecule has 0 fully saturated rings. The Bertz CT molecular complexity index is 1500. The Balaban J connectivity index is 1.88. The molecule has 12 nitrogen and oxygen atoms in total. The smallest absolute Gasteiger partial charge is 0.341 e. The Morgan fingerprint density at radius 1 is 1.11 bits per heavy atom. The average molecular weight is 502 g/mol. The summed E-state index contributed by atoms with van der Waals surface area (Å²) in [7, 11) is 4.97. The van der Waals surface area contributed by atoms with Gasteiger partial charge in [0.25, 0.3) is 11.3 Å². The lowest BCUT2D eigenvalue weighted by molar-refractivity contribution is -0.139. The highest BCUT2D eigenvalue weighted by molar-refractivity contribution is 7.81. The second-order valence-corrected chi connectivity index (χ2v) is 8.58. The van der Waals surface area contributed by atoms with Gasteiger partial charge in [-0.05, 0) is 25.1 Å². The molecular formula is C22H23N5O7S. The van der Waals surface area contributed by atoms with E-state index in [2.05, 4.69) is 4.98 Å². The normalized spacial score (nSPS) is 12.0. The Hall–Kier alpha value is -4.10. The summed E-state index contributed by atoms with van der Waals surface area (Å²) in [6.07, 6.45) is 1.60. The van der Waals surface area contributed by atoms with Gasteiger partial charge in [-0.1, -0.05) is 6.07 Å². The van der Waals surface area contributed by atoms with Crippen LogP contribution in [0, 0.1) is 6.92 Å². The first-order chi connectivity index (χ1) is 16.6. The molecule has 35 heavy (non-hydrogen) atoms. The highest BCUT2D eigenvalue weighted by atomic mass is 32.2. The molecule has 0 saturated heterocycles. The highest BCUT2D eigenvalue weighted by Crippen LogP contribution is 2.40. The number of imidazole rings is 2. The van der Waals surface area contributed by atoms with Crippen molar-refractivity contribution in [1.82, 2.24) is 18.7 Å². The van der Waals surface area contributed by atoms with Gasteiger partial charge in [0.1, 0.15) is 23.0 Å². The van der Waals surface area contributed by atoms with Crippen molar-refractivity contribution in [3.63, 3.8) is 0 Å². The topological polar surface area (TPSA) is 141 Å². The van der Waals surface area contributed by atoms with Gasteiger partial charge in [0.15, 0.2) is 18.2 Å². The number of hydrogen-bond donors (Lipinski definition) is 2. The number of anilines is 2. The molecule has 0 saturated carbocycles. The minimum atomic E-state index is -2.54. The van der Waals surface area contributed by atoms with Crippen LogP contribution in [0.15, 0.2) is 47.4 Å². The molecule has 0 amide bonds. The van der Waals surface area contributed by atoms with Crippen LogP contribution in [0.25, 0.3) is 11.0 Å². The first kappa shape index (κ1) is 24.0. The van der Waals surface area contributed by atoms with E-state index >= 15 is 0 Å². The van der Waals surface area contributed by atoms with Crippen molar-refractivity contribution < 1.29 is 28.1 Å². The second kappa shape index (κ2) is 9.27. The summed E-state index contributed by atoms with van der Waals surface area (Å²) in [5.74, 6) is 0.419. The number of aryl methyl sites for hydroxylation is 4. The third-order valence-electron chi connectivity index (χ3n) is 5.43. The van der Waals surface area contributed by atoms with Crippen LogP contribution in [0.1, 0.15) is 5.82 Å². The molecule has 0 aliphatic rings. The number of benzene rings is 2. The molecule has 2 aromatic carbocycles. The van der Waals surface area contributed by atoms with E-state index in [1.165, 1.54) is 15.2 Å². The van der Waals surface area contributed by atoms with Crippen molar-refractivity contribution >= 4 is 39.8 Å². The maximum absolute atomic E-state index is 12.5. The largest absolute Gasteiger partial charge is 0.482 e. The number of aliphatic carboxylic acids is 1. The summed E-state index contributed by atoms with van der Waals surface area (Å²) < 4.78 is 39.7. The van der Waals surface area contributed by atoms with Crippen molar-refractivity contribution in [2.75, 3.05) is 10.9 Å². The fourth-order valence-electron chi connectivity index (χ4n) is 3.58. The van der Waals surface area contributed by atoms with Crippen LogP contribution in [0.2, 0.25) is 0 Å². The number of carboxylic acid groups (broad SMARTS) is 1. The third kappa shape index (κ3) is 4.63. The molecule has 1 unspecified atom stereocenters. The van der Waals surface area contributed by atoms with Crippen LogP contribution in [0.4, 0.5) is 11.5 Å². The number of carbonyl (C=O) groups is 1. The monoisotopic (exact) mass is 501 g/mol. The van der Waals surface area contributed by atoms with Gasteiger partial charge in [-0.15, -0.1) is 0 Å². The SMILES string of the molecule is Cc1nc(N(c2cc3c(cc2Oc2cccc(OCC(=O)O)c2)n(C)c(=O)n3C)S(=O)O)cn1C. The summed E-state index contributed by atoms with van der Waals surface area (Å²) >= 11 is -2.54. The van der Waals surface area contributed by atoms with Crippen LogP contribution >= 0.6 is 0 Å². The van der Waals surface area contributed by atoms with E-state index in [1.807, 2.05) is 0 Å². The molecule has 4 rings (SSSR count). The van der Waals surface area contributed by atoms with E-state index in [0.29, 0.717) is 16.9 Å². The number of rotatable bonds is 8. The van der Waals surface area contributed by atoms with Gasteiger partial charge in [-0.3, -0.25) is 13.7 Å². The predicted molar refractivity (Wildman–Crippen MR) is 129 cm³/mol. The van der Waals surface area contributed by atoms with E-state index in [0.717, 1.165) is 4.31 Å². The molecule has 0 radical (unpaired) electrons. The summed E-state index contributed by atoms with van der Waals surface area (Å²) in [4.78, 5) is 27.7. The Kier molecular flexibility index (Phi) is 6.37. The van der Waals surface area contributed by atoms with Crippen molar-refractivity contribution in [2.24, 2.45) is 21.1 Å². The predicted octanol–water partition coefficient (Wildman–Crippen LogP) is 2.45. The molecular weight excluding hydrogens is 478 g/mol. The van der Waals surface area contributed by atoms with E-state index < -0.39 is 23.8 Å². The second-order valence-electron chi connectivity index (χ2n) is 7.75. The first-order valence-corrected chi connectivity index (χ1v) is 11.4. The minimum absolute atomic E-state index is 0.166. The summed E-state index contributed by atoms with van der Waals surface area (Å²) in [5.41, 5.74) is 0.962. The van der Waals surface area contributed by atoms with Crippen molar-refractivity contribution in [2.45, 2.75) is 6.92 Å². The van der Waals surface area contributed by atoms with Gasteiger partial charge < -0.3 is 19.1 Å². The molecule has 0 aliphatic carbocycles. The minimum Gasteiger partial charge on any atom is -0.482 e. The maximum atomic E-state index is 12.5. The molecule has 2 N–H and O–H groups in total. The molecule has 184 valence electrons. The van der Waals surface area contributed by atoms with Gasteiger partial charge in [0.05, 0.1) is 11.0 Å². The van der Waals surface area contributed by atoms with Crippen LogP contribution in [0.3, 0.4) is 0 Å². The van der Waals surface area contributed by atoms with Crippen LogP contribution in [-0.4, -0.2) is 45.1 Å². The Labute approximate surface area is 202 Å². The lowest BCUT2D eigenvalue weighted by Gasteiger charge is -2.21. The van der Waals surface area contributed by atoms with Gasteiger partial charge in [0, 0.05) is 39.5 Å². The molecule has 0 spiro atoms. The fourth-order valence-corrected chi connectivity index (χ4v) is 4.14. The number of hydrogen-bond acceptors (Lipinski definition) is 6. The number of fused-ring (bicyclic) bond motifs is 1. The number of carboxylic acids is 1. The van der Waals surface area contributed by atoms with Crippen molar-refractivity contribution in [1.29, 1.82) is 0 Å². The first-order valence-electron chi connectivity index (χ1n) is 10.3. The highest BCUT2D eigenvalue weighted by Gasteiger charge is 2.25. The maximum Gasteiger partial charge on any atom is 0.341 e. The van der Waals surface area contributed by atoms with Crippen LogP contribution in [0.5, 0.6) is 17.2 Å². The van der Waals surface area contributed by atoms with Gasteiger partial charge in [-0.2, -0.15) is 0 Å². The molecule has 2 heterocycles. The van der Waals surface area contributed by atoms with E-state index in [9.17, 15) is 18.4 Å². The van der Waals surface area contributed by atoms with Crippen LogP contribution < -0.4 is 19.5 Å². The van der Waals surface area contributed by atoms with E-state index in [1.54, 1.807) is 69.2 Å². The lowest BCUT2D eigenvalue weighted by Crippen LogP contribution is -2.20. The fraction of sp³-hybridized carbons (Fsp3) is 0.227.